The number of aryl methyl sites for hydroxylation is 2. The minimum atomic E-state index is 0.114. The van der Waals surface area contributed by atoms with Crippen LogP contribution in [0.2, 0.25) is 0 Å². The van der Waals surface area contributed by atoms with E-state index in [2.05, 4.69) is 0 Å². The van der Waals surface area contributed by atoms with Crippen LogP contribution in [0.1, 0.15) is 16.7 Å². The average Bonchev–Trinajstić information content (AvgIpc) is 2.41. The molecule has 0 atom stereocenters. The predicted molar refractivity (Wildman–Crippen MR) is 79.5 cm³/mol. The lowest BCUT2D eigenvalue weighted by Crippen LogP contribution is -2.28. The first kappa shape index (κ1) is 13.3. The van der Waals surface area contributed by atoms with Crippen molar-refractivity contribution in [1.82, 2.24) is 0 Å². The van der Waals surface area contributed by atoms with Gasteiger partial charge in [-0.15, -0.1) is 0 Å². The molecule has 2 heteroatoms. The smallest absolute Gasteiger partial charge is 0.231 e. The van der Waals surface area contributed by atoms with Gasteiger partial charge in [0.25, 0.3) is 0 Å². The van der Waals surface area contributed by atoms with Gasteiger partial charge in [-0.2, -0.15) is 0 Å². The van der Waals surface area contributed by atoms with Gasteiger partial charge in [-0.1, -0.05) is 42.5 Å². The molecule has 2 aromatic carbocycles. The number of hydrogen-bond acceptors (Lipinski definition) is 1. The first-order valence-corrected chi connectivity index (χ1v) is 6.46. The van der Waals surface area contributed by atoms with E-state index in [1.165, 1.54) is 0 Å². The van der Waals surface area contributed by atoms with Crippen LogP contribution < -0.4 is 4.90 Å². The van der Waals surface area contributed by atoms with E-state index in [9.17, 15) is 4.79 Å². The highest BCUT2D eigenvalue weighted by Crippen LogP contribution is 2.19. The molecular formula is C17H19NO. The molecule has 0 aliphatic heterocycles. The maximum atomic E-state index is 12.3. The Morgan fingerprint density at radius 3 is 2.16 bits per heavy atom. The molecule has 1 amide bonds. The molecule has 0 aliphatic carbocycles. The summed E-state index contributed by atoms with van der Waals surface area (Å²) in [5, 5.41) is 0. The summed E-state index contributed by atoms with van der Waals surface area (Å²) in [6, 6.07) is 16.0. The van der Waals surface area contributed by atoms with E-state index in [1.807, 2.05) is 69.4 Å². The summed E-state index contributed by atoms with van der Waals surface area (Å²) in [5.74, 6) is 0.114. The number of para-hydroxylation sites is 1. The van der Waals surface area contributed by atoms with Crippen molar-refractivity contribution in [3.63, 3.8) is 0 Å². The van der Waals surface area contributed by atoms with E-state index in [4.69, 9.17) is 0 Å². The number of rotatable bonds is 3. The SMILES string of the molecule is Cc1ccccc1CC(=O)N(C)c1ccccc1C. The lowest BCUT2D eigenvalue weighted by Gasteiger charge is -2.20. The van der Waals surface area contributed by atoms with Crippen molar-refractivity contribution in [1.29, 1.82) is 0 Å². The van der Waals surface area contributed by atoms with Gasteiger partial charge in [0, 0.05) is 12.7 Å². The highest BCUT2D eigenvalue weighted by molar-refractivity contribution is 5.95. The topological polar surface area (TPSA) is 20.3 Å². The molecule has 98 valence electrons. The molecule has 0 saturated heterocycles. The van der Waals surface area contributed by atoms with E-state index < -0.39 is 0 Å². The van der Waals surface area contributed by atoms with Gasteiger partial charge in [-0.05, 0) is 36.6 Å². The van der Waals surface area contributed by atoms with Crippen LogP contribution >= 0.6 is 0 Å². The normalized spacial score (nSPS) is 10.3. The van der Waals surface area contributed by atoms with Crippen LogP contribution in [-0.4, -0.2) is 13.0 Å². The molecule has 2 aromatic rings. The highest BCUT2D eigenvalue weighted by Gasteiger charge is 2.13. The first-order valence-electron chi connectivity index (χ1n) is 6.46. The minimum absolute atomic E-state index is 0.114. The molecule has 0 radical (unpaired) electrons. The Balaban J connectivity index is 2.17. The zero-order chi connectivity index (χ0) is 13.8. The predicted octanol–water partition coefficient (Wildman–Crippen LogP) is 3.51. The first-order chi connectivity index (χ1) is 9.09. The van der Waals surface area contributed by atoms with Crippen LogP contribution in [0.5, 0.6) is 0 Å². The van der Waals surface area contributed by atoms with Gasteiger partial charge in [0.05, 0.1) is 6.42 Å². The Labute approximate surface area is 114 Å². The fraction of sp³-hybridized carbons (Fsp3) is 0.235. The zero-order valence-corrected chi connectivity index (χ0v) is 11.7. The molecular weight excluding hydrogens is 234 g/mol. The Morgan fingerprint density at radius 1 is 0.947 bits per heavy atom. The number of benzene rings is 2. The molecule has 0 heterocycles. The van der Waals surface area contributed by atoms with E-state index in [-0.39, 0.29) is 5.91 Å². The third kappa shape index (κ3) is 3.02. The van der Waals surface area contributed by atoms with Gasteiger partial charge in [-0.3, -0.25) is 4.79 Å². The maximum Gasteiger partial charge on any atom is 0.231 e. The van der Waals surface area contributed by atoms with Crippen molar-refractivity contribution in [2.24, 2.45) is 0 Å². The number of carbonyl (C=O) groups excluding carboxylic acids is 1. The molecule has 0 N–H and O–H groups in total. The van der Waals surface area contributed by atoms with Crippen LogP contribution in [0.25, 0.3) is 0 Å². The Bertz CT molecular complexity index is 589. The number of nitrogens with zero attached hydrogens (tertiary/aromatic N) is 1. The van der Waals surface area contributed by atoms with Crippen LogP contribution in [0.3, 0.4) is 0 Å². The molecule has 2 rings (SSSR count). The highest BCUT2D eigenvalue weighted by atomic mass is 16.2. The van der Waals surface area contributed by atoms with Crippen molar-refractivity contribution in [2.45, 2.75) is 20.3 Å². The van der Waals surface area contributed by atoms with Gasteiger partial charge in [-0.25, -0.2) is 0 Å². The van der Waals surface area contributed by atoms with Crippen molar-refractivity contribution in [3.8, 4) is 0 Å². The summed E-state index contributed by atoms with van der Waals surface area (Å²) >= 11 is 0. The Hall–Kier alpha value is -2.09. The van der Waals surface area contributed by atoms with E-state index >= 15 is 0 Å². The Kier molecular flexibility index (Phi) is 4.00. The number of likely N-dealkylation sites (N-methyl/N-ethyl adjacent to an activating group) is 1. The summed E-state index contributed by atoms with van der Waals surface area (Å²) in [4.78, 5) is 14.1. The minimum Gasteiger partial charge on any atom is -0.315 e. The molecule has 0 fully saturated rings. The molecule has 0 aromatic heterocycles. The average molecular weight is 253 g/mol. The van der Waals surface area contributed by atoms with Crippen LogP contribution in [0.15, 0.2) is 48.5 Å². The molecule has 2 nitrogen and oxygen atoms in total. The third-order valence-corrected chi connectivity index (χ3v) is 3.45. The molecule has 19 heavy (non-hydrogen) atoms. The number of anilines is 1. The van der Waals surface area contributed by atoms with Crippen LogP contribution in [-0.2, 0) is 11.2 Å². The van der Waals surface area contributed by atoms with Crippen molar-refractivity contribution >= 4 is 11.6 Å². The van der Waals surface area contributed by atoms with Crippen LogP contribution in [0.4, 0.5) is 5.69 Å². The molecule has 0 spiro atoms. The third-order valence-electron chi connectivity index (χ3n) is 3.45. The number of amides is 1. The monoisotopic (exact) mass is 253 g/mol. The summed E-state index contributed by atoms with van der Waals surface area (Å²) in [5.41, 5.74) is 4.34. The van der Waals surface area contributed by atoms with Crippen molar-refractivity contribution < 1.29 is 4.79 Å². The summed E-state index contributed by atoms with van der Waals surface area (Å²) < 4.78 is 0. The van der Waals surface area contributed by atoms with Gasteiger partial charge in [0.2, 0.25) is 5.91 Å². The zero-order valence-electron chi connectivity index (χ0n) is 11.7. The van der Waals surface area contributed by atoms with Gasteiger partial charge >= 0.3 is 0 Å². The second kappa shape index (κ2) is 5.70. The molecule has 0 bridgehead atoms. The van der Waals surface area contributed by atoms with Gasteiger partial charge < -0.3 is 4.90 Å². The number of carbonyl (C=O) groups is 1. The fourth-order valence-corrected chi connectivity index (χ4v) is 2.16. The maximum absolute atomic E-state index is 12.3. The van der Waals surface area contributed by atoms with Gasteiger partial charge in [0.1, 0.15) is 0 Å². The standard InChI is InChI=1S/C17H19NO/c1-13-8-4-6-10-15(13)12-17(19)18(3)16-11-7-5-9-14(16)2/h4-11H,12H2,1-3H3. The van der Waals surface area contributed by atoms with Crippen molar-refractivity contribution in [2.75, 3.05) is 11.9 Å². The summed E-state index contributed by atoms with van der Waals surface area (Å²) in [7, 11) is 1.84. The largest absolute Gasteiger partial charge is 0.315 e. The summed E-state index contributed by atoms with van der Waals surface area (Å²) in [6.45, 7) is 4.06. The van der Waals surface area contributed by atoms with E-state index in [0.717, 1.165) is 22.4 Å². The van der Waals surface area contributed by atoms with Gasteiger partial charge in [0.15, 0.2) is 0 Å². The molecule has 0 unspecified atom stereocenters. The molecule has 0 saturated carbocycles. The number of hydrogen-bond donors (Lipinski definition) is 0. The lowest BCUT2D eigenvalue weighted by molar-refractivity contribution is -0.117. The van der Waals surface area contributed by atoms with E-state index in [0.29, 0.717) is 6.42 Å². The second-order valence-electron chi connectivity index (χ2n) is 4.84. The van der Waals surface area contributed by atoms with Crippen molar-refractivity contribution in [3.05, 3.63) is 65.2 Å². The second-order valence-corrected chi connectivity index (χ2v) is 4.84. The quantitative estimate of drug-likeness (QED) is 0.819. The Morgan fingerprint density at radius 2 is 1.53 bits per heavy atom. The van der Waals surface area contributed by atoms with Crippen LogP contribution in [0, 0.1) is 13.8 Å². The molecule has 0 aliphatic rings. The summed E-state index contributed by atoms with van der Waals surface area (Å²) in [6.07, 6.45) is 0.442. The lowest BCUT2D eigenvalue weighted by atomic mass is 10.0. The fourth-order valence-electron chi connectivity index (χ4n) is 2.16. The van der Waals surface area contributed by atoms with E-state index in [1.54, 1.807) is 4.90 Å².